The summed E-state index contributed by atoms with van der Waals surface area (Å²) in [6, 6.07) is 4.93. The van der Waals surface area contributed by atoms with Crippen LogP contribution in [0.3, 0.4) is 0 Å². The highest BCUT2D eigenvalue weighted by molar-refractivity contribution is 7.91. The number of hydrogen-bond donors (Lipinski definition) is 2. The van der Waals surface area contributed by atoms with Crippen molar-refractivity contribution in [2.45, 2.75) is 49.8 Å². The minimum Gasteiger partial charge on any atom is -0.507 e. The van der Waals surface area contributed by atoms with E-state index in [-0.39, 0.29) is 22.3 Å². The second-order valence-corrected chi connectivity index (χ2v) is 7.91. The highest BCUT2D eigenvalue weighted by atomic mass is 32.2. The van der Waals surface area contributed by atoms with Crippen LogP contribution in [0.1, 0.15) is 44.1 Å². The Morgan fingerprint density at radius 3 is 2.57 bits per heavy atom. The van der Waals surface area contributed by atoms with Crippen molar-refractivity contribution in [1.29, 1.82) is 0 Å². The van der Waals surface area contributed by atoms with Crippen molar-refractivity contribution in [2.24, 2.45) is 11.7 Å². The summed E-state index contributed by atoms with van der Waals surface area (Å²) < 4.78 is 25.4. The van der Waals surface area contributed by atoms with Crippen molar-refractivity contribution in [3.8, 4) is 5.75 Å². The maximum atomic E-state index is 12.7. The normalized spacial score (nSPS) is 17.0. The molecule has 2 rings (SSSR count). The van der Waals surface area contributed by atoms with E-state index in [0.717, 1.165) is 32.1 Å². The van der Waals surface area contributed by atoms with Crippen molar-refractivity contribution in [2.75, 3.05) is 12.3 Å². The van der Waals surface area contributed by atoms with Gasteiger partial charge in [0.25, 0.3) is 0 Å². The largest absolute Gasteiger partial charge is 0.507 e. The molecule has 1 aliphatic rings. The number of hydrogen-bond acceptors (Lipinski definition) is 4. The van der Waals surface area contributed by atoms with Gasteiger partial charge in [-0.05, 0) is 49.8 Å². The average molecular weight is 311 g/mol. The van der Waals surface area contributed by atoms with Gasteiger partial charge < -0.3 is 10.8 Å². The zero-order valence-corrected chi connectivity index (χ0v) is 13.2. The van der Waals surface area contributed by atoms with Gasteiger partial charge in [-0.1, -0.05) is 31.4 Å². The van der Waals surface area contributed by atoms with E-state index in [2.05, 4.69) is 0 Å². The van der Waals surface area contributed by atoms with E-state index in [4.69, 9.17) is 5.73 Å². The molecule has 0 radical (unpaired) electrons. The molecule has 1 fully saturated rings. The van der Waals surface area contributed by atoms with Crippen molar-refractivity contribution in [1.82, 2.24) is 0 Å². The van der Waals surface area contributed by atoms with Gasteiger partial charge in [0.05, 0.1) is 5.75 Å². The number of sulfone groups is 1. The summed E-state index contributed by atoms with van der Waals surface area (Å²) in [5, 5.41) is 10.0. The van der Waals surface area contributed by atoms with Gasteiger partial charge in [-0.2, -0.15) is 0 Å². The Hall–Kier alpha value is -1.07. The summed E-state index contributed by atoms with van der Waals surface area (Å²) in [6.45, 7) is 0.512. The van der Waals surface area contributed by atoms with Crippen LogP contribution in [0.2, 0.25) is 0 Å². The van der Waals surface area contributed by atoms with Crippen molar-refractivity contribution >= 4 is 9.84 Å². The average Bonchev–Trinajstić information content (AvgIpc) is 2.45. The Labute approximate surface area is 127 Å². The molecule has 118 valence electrons. The molecule has 1 aromatic rings. The summed E-state index contributed by atoms with van der Waals surface area (Å²) in [4.78, 5) is 0.129. The first-order valence-corrected chi connectivity index (χ1v) is 9.43. The van der Waals surface area contributed by atoms with Crippen LogP contribution in [-0.2, 0) is 16.3 Å². The molecule has 1 aliphatic carbocycles. The lowest BCUT2D eigenvalue weighted by atomic mass is 9.91. The third-order valence-electron chi connectivity index (χ3n) is 4.22. The van der Waals surface area contributed by atoms with Gasteiger partial charge in [-0.25, -0.2) is 8.42 Å². The molecule has 5 heteroatoms. The Bertz CT molecular complexity index is 563. The summed E-state index contributed by atoms with van der Waals surface area (Å²) in [5.74, 6) is 0.256. The van der Waals surface area contributed by atoms with Crippen LogP contribution >= 0.6 is 0 Å². The van der Waals surface area contributed by atoms with Crippen LogP contribution < -0.4 is 5.73 Å². The monoisotopic (exact) mass is 311 g/mol. The van der Waals surface area contributed by atoms with Crippen LogP contribution in [0.4, 0.5) is 0 Å². The fourth-order valence-corrected chi connectivity index (χ4v) is 5.24. The van der Waals surface area contributed by atoms with Gasteiger partial charge in [0, 0.05) is 0 Å². The van der Waals surface area contributed by atoms with Crippen LogP contribution in [0.25, 0.3) is 0 Å². The number of nitrogens with two attached hydrogens (primary N) is 1. The first kappa shape index (κ1) is 16.3. The molecule has 21 heavy (non-hydrogen) atoms. The van der Waals surface area contributed by atoms with Crippen LogP contribution in [0, 0.1) is 5.92 Å². The zero-order valence-electron chi connectivity index (χ0n) is 12.4. The lowest BCUT2D eigenvalue weighted by Crippen LogP contribution is -2.20. The highest BCUT2D eigenvalue weighted by Crippen LogP contribution is 2.32. The molecule has 4 nitrogen and oxygen atoms in total. The molecule has 1 saturated carbocycles. The molecule has 3 N–H and O–H groups in total. The van der Waals surface area contributed by atoms with E-state index in [1.807, 2.05) is 0 Å². The van der Waals surface area contributed by atoms with Crippen molar-refractivity contribution in [3.63, 3.8) is 0 Å². The molecular formula is C16H25NO3S. The maximum absolute atomic E-state index is 12.7. The molecule has 0 amide bonds. The van der Waals surface area contributed by atoms with Crippen LogP contribution in [-0.4, -0.2) is 25.8 Å². The van der Waals surface area contributed by atoms with Crippen molar-refractivity contribution < 1.29 is 13.5 Å². The Morgan fingerprint density at radius 1 is 1.19 bits per heavy atom. The molecule has 0 heterocycles. The second kappa shape index (κ2) is 7.27. The lowest BCUT2D eigenvalue weighted by Gasteiger charge is -2.22. The quantitative estimate of drug-likeness (QED) is 0.846. The van der Waals surface area contributed by atoms with Crippen LogP contribution in [0.15, 0.2) is 23.1 Å². The van der Waals surface area contributed by atoms with E-state index >= 15 is 0 Å². The van der Waals surface area contributed by atoms with Crippen LogP contribution in [0.5, 0.6) is 5.75 Å². The van der Waals surface area contributed by atoms with E-state index in [1.165, 1.54) is 12.5 Å². The molecule has 0 spiro atoms. The van der Waals surface area contributed by atoms with Gasteiger partial charge in [-0.15, -0.1) is 0 Å². The van der Waals surface area contributed by atoms with Gasteiger partial charge in [0.2, 0.25) is 0 Å². The zero-order chi connectivity index (χ0) is 15.3. The molecule has 0 atom stereocenters. The van der Waals surface area contributed by atoms with E-state index in [1.54, 1.807) is 12.1 Å². The highest BCUT2D eigenvalue weighted by Gasteiger charge is 2.27. The van der Waals surface area contributed by atoms with Crippen molar-refractivity contribution in [3.05, 3.63) is 23.8 Å². The number of aromatic hydroxyl groups is 1. The predicted molar refractivity (Wildman–Crippen MR) is 84.1 cm³/mol. The fourth-order valence-electron chi connectivity index (χ4n) is 3.17. The number of aryl methyl sites for hydroxylation is 1. The lowest BCUT2D eigenvalue weighted by molar-refractivity contribution is 0.384. The molecule has 0 aliphatic heterocycles. The summed E-state index contributed by atoms with van der Waals surface area (Å²) in [6.07, 6.45) is 6.69. The topological polar surface area (TPSA) is 80.4 Å². The SMILES string of the molecule is NCCCc1cccc(O)c1S(=O)(=O)CC1CCCCC1. The standard InChI is InChI=1S/C16H25NO3S/c17-11-5-9-14-8-4-10-15(18)16(14)21(19,20)12-13-6-2-1-3-7-13/h4,8,10,13,18H,1-3,5-7,9,11-12,17H2. The number of phenols is 1. The minimum absolute atomic E-state index is 0.125. The number of phenolic OH excluding ortho intramolecular Hbond substituents is 1. The van der Waals surface area contributed by atoms with Gasteiger partial charge in [0.15, 0.2) is 9.84 Å². The summed E-state index contributed by atoms with van der Waals surface area (Å²) >= 11 is 0. The Balaban J connectivity index is 2.25. The molecule has 0 aromatic heterocycles. The molecule has 1 aromatic carbocycles. The Kier molecular flexibility index (Phi) is 5.65. The first-order valence-electron chi connectivity index (χ1n) is 7.78. The molecule has 0 saturated heterocycles. The second-order valence-electron chi connectivity index (χ2n) is 5.94. The maximum Gasteiger partial charge on any atom is 0.182 e. The van der Waals surface area contributed by atoms with E-state index < -0.39 is 9.84 Å². The smallest absolute Gasteiger partial charge is 0.182 e. The van der Waals surface area contributed by atoms with E-state index in [9.17, 15) is 13.5 Å². The first-order chi connectivity index (χ1) is 10.0. The molecule has 0 unspecified atom stereocenters. The van der Waals surface area contributed by atoms with E-state index in [0.29, 0.717) is 18.5 Å². The fraction of sp³-hybridized carbons (Fsp3) is 0.625. The van der Waals surface area contributed by atoms with Gasteiger partial charge in [0.1, 0.15) is 10.6 Å². The van der Waals surface area contributed by atoms with Gasteiger partial charge in [-0.3, -0.25) is 0 Å². The van der Waals surface area contributed by atoms with Gasteiger partial charge >= 0.3 is 0 Å². The third-order valence-corrected chi connectivity index (χ3v) is 6.22. The molecule has 0 bridgehead atoms. The molecular weight excluding hydrogens is 286 g/mol. The minimum atomic E-state index is -3.44. The summed E-state index contributed by atoms with van der Waals surface area (Å²) in [7, 11) is -3.44. The predicted octanol–water partition coefficient (Wildman–Crippen LogP) is 2.64. The third kappa shape index (κ3) is 4.20. The Morgan fingerprint density at radius 2 is 1.90 bits per heavy atom. The number of benzene rings is 1. The number of rotatable bonds is 6. The summed E-state index contributed by atoms with van der Waals surface area (Å²) in [5.41, 5.74) is 6.20.